The second kappa shape index (κ2) is 7.42. The average molecular weight is 320 g/mol. The van der Waals surface area contributed by atoms with Crippen LogP contribution >= 0.6 is 0 Å². The van der Waals surface area contributed by atoms with E-state index in [2.05, 4.69) is 10.6 Å². The molecule has 0 saturated carbocycles. The number of aromatic hydroxyl groups is 1. The molecule has 0 aliphatic rings. The van der Waals surface area contributed by atoms with E-state index in [1.54, 1.807) is 12.1 Å². The lowest BCUT2D eigenvalue weighted by atomic mass is 10.2. The number of hydrogen-bond donors (Lipinski definition) is 3. The van der Waals surface area contributed by atoms with Crippen LogP contribution in [0, 0.1) is 0 Å². The first-order chi connectivity index (χ1) is 11.7. The Balaban J connectivity index is 1.66. The summed E-state index contributed by atoms with van der Waals surface area (Å²) in [6, 6.07) is 22.9. The normalized spacial score (nSPS) is 10.2. The first kappa shape index (κ1) is 15.7. The molecule has 0 spiro atoms. The molecule has 3 aromatic rings. The van der Waals surface area contributed by atoms with Crippen LogP contribution in [0.5, 0.6) is 11.5 Å². The molecule has 3 aromatic carbocycles. The van der Waals surface area contributed by atoms with Gasteiger partial charge in [-0.25, -0.2) is 0 Å². The summed E-state index contributed by atoms with van der Waals surface area (Å²) in [4.78, 5) is 0. The zero-order valence-electron chi connectivity index (χ0n) is 13.5. The molecule has 0 amide bonds. The van der Waals surface area contributed by atoms with Gasteiger partial charge in [-0.15, -0.1) is 0 Å². The molecular weight excluding hydrogens is 300 g/mol. The van der Waals surface area contributed by atoms with Crippen molar-refractivity contribution in [2.24, 2.45) is 0 Å². The van der Waals surface area contributed by atoms with Crippen molar-refractivity contribution in [3.8, 4) is 11.5 Å². The number of anilines is 4. The number of phenolic OH excluding ortho intramolecular Hbond substituents is 1. The molecule has 0 fully saturated rings. The Morgan fingerprint density at radius 3 is 1.88 bits per heavy atom. The third-order valence-electron chi connectivity index (χ3n) is 3.47. The fourth-order valence-electron chi connectivity index (χ4n) is 2.35. The molecule has 3 N–H and O–H groups in total. The molecule has 0 aromatic heterocycles. The van der Waals surface area contributed by atoms with E-state index in [0.717, 1.165) is 28.5 Å². The highest BCUT2D eigenvalue weighted by atomic mass is 16.5. The van der Waals surface area contributed by atoms with Crippen LogP contribution in [0.4, 0.5) is 22.7 Å². The minimum absolute atomic E-state index is 0.259. The smallest absolute Gasteiger partial charge is 0.121 e. The maximum Gasteiger partial charge on any atom is 0.121 e. The van der Waals surface area contributed by atoms with Crippen molar-refractivity contribution < 1.29 is 9.84 Å². The van der Waals surface area contributed by atoms with Gasteiger partial charge in [0.1, 0.15) is 11.5 Å². The van der Waals surface area contributed by atoms with Gasteiger partial charge in [0, 0.05) is 28.8 Å². The summed E-state index contributed by atoms with van der Waals surface area (Å²) in [6.45, 7) is 2.63. The summed E-state index contributed by atoms with van der Waals surface area (Å²) in [5.41, 5.74) is 3.90. The third kappa shape index (κ3) is 4.20. The monoisotopic (exact) mass is 320 g/mol. The molecule has 0 aliphatic carbocycles. The molecule has 4 nitrogen and oxygen atoms in total. The predicted molar refractivity (Wildman–Crippen MR) is 98.7 cm³/mol. The minimum Gasteiger partial charge on any atom is -0.508 e. The topological polar surface area (TPSA) is 53.5 Å². The van der Waals surface area contributed by atoms with Gasteiger partial charge in [-0.05, 0) is 67.6 Å². The summed E-state index contributed by atoms with van der Waals surface area (Å²) in [5.74, 6) is 1.11. The Bertz CT molecular complexity index is 783. The zero-order chi connectivity index (χ0) is 16.8. The average Bonchev–Trinajstić information content (AvgIpc) is 2.59. The summed E-state index contributed by atoms with van der Waals surface area (Å²) in [7, 11) is 0. The van der Waals surface area contributed by atoms with Gasteiger partial charge in [0.2, 0.25) is 0 Å². The first-order valence-corrected chi connectivity index (χ1v) is 7.89. The van der Waals surface area contributed by atoms with E-state index < -0.39 is 0 Å². The van der Waals surface area contributed by atoms with Crippen molar-refractivity contribution in [1.29, 1.82) is 0 Å². The third-order valence-corrected chi connectivity index (χ3v) is 3.47. The van der Waals surface area contributed by atoms with Gasteiger partial charge in [0.05, 0.1) is 6.61 Å². The van der Waals surface area contributed by atoms with Crippen LogP contribution in [0.15, 0.2) is 72.8 Å². The lowest BCUT2D eigenvalue weighted by molar-refractivity contribution is 0.340. The molecule has 0 heterocycles. The van der Waals surface area contributed by atoms with Crippen molar-refractivity contribution in [2.75, 3.05) is 17.2 Å². The first-order valence-electron chi connectivity index (χ1n) is 7.89. The number of phenols is 1. The standard InChI is InChI=1S/C20H20N2O2/c1-2-24-20-5-3-4-18(14-20)22-16-8-6-15(7-9-16)21-17-10-12-19(23)13-11-17/h3-14,21-23H,2H2,1H3. The van der Waals surface area contributed by atoms with E-state index in [9.17, 15) is 5.11 Å². The minimum atomic E-state index is 0.259. The second-order valence-electron chi connectivity index (χ2n) is 5.34. The number of hydrogen-bond acceptors (Lipinski definition) is 4. The fraction of sp³-hybridized carbons (Fsp3) is 0.100. The van der Waals surface area contributed by atoms with E-state index in [0.29, 0.717) is 6.61 Å². The van der Waals surface area contributed by atoms with Gasteiger partial charge >= 0.3 is 0 Å². The summed E-state index contributed by atoms with van der Waals surface area (Å²) in [6.07, 6.45) is 0. The highest BCUT2D eigenvalue weighted by Crippen LogP contribution is 2.24. The van der Waals surface area contributed by atoms with Crippen molar-refractivity contribution in [3.63, 3.8) is 0 Å². The van der Waals surface area contributed by atoms with E-state index in [-0.39, 0.29) is 5.75 Å². The Labute approximate surface area is 141 Å². The highest BCUT2D eigenvalue weighted by molar-refractivity contribution is 5.66. The van der Waals surface area contributed by atoms with Gasteiger partial charge < -0.3 is 20.5 Å². The van der Waals surface area contributed by atoms with Crippen LogP contribution in [0.25, 0.3) is 0 Å². The van der Waals surface area contributed by atoms with E-state index in [1.165, 1.54) is 0 Å². The van der Waals surface area contributed by atoms with Gasteiger partial charge in [0.25, 0.3) is 0 Å². The molecule has 0 saturated heterocycles. The Kier molecular flexibility index (Phi) is 4.87. The predicted octanol–water partition coefficient (Wildman–Crippen LogP) is 5.28. The number of ether oxygens (including phenoxy) is 1. The van der Waals surface area contributed by atoms with Crippen LogP contribution < -0.4 is 15.4 Å². The molecule has 0 bridgehead atoms. The largest absolute Gasteiger partial charge is 0.508 e. The van der Waals surface area contributed by atoms with Crippen molar-refractivity contribution >= 4 is 22.7 Å². The van der Waals surface area contributed by atoms with Crippen LogP contribution in [-0.2, 0) is 0 Å². The lowest BCUT2D eigenvalue weighted by Gasteiger charge is -2.11. The second-order valence-corrected chi connectivity index (χ2v) is 5.34. The molecule has 0 unspecified atom stereocenters. The van der Waals surface area contributed by atoms with Crippen LogP contribution in [0.3, 0.4) is 0 Å². The van der Waals surface area contributed by atoms with Crippen molar-refractivity contribution in [3.05, 3.63) is 72.8 Å². The molecule has 0 atom stereocenters. The van der Waals surface area contributed by atoms with Gasteiger partial charge in [-0.1, -0.05) is 6.07 Å². The Morgan fingerprint density at radius 2 is 1.29 bits per heavy atom. The zero-order valence-corrected chi connectivity index (χ0v) is 13.5. The highest BCUT2D eigenvalue weighted by Gasteiger charge is 1.99. The molecule has 4 heteroatoms. The molecule has 0 radical (unpaired) electrons. The summed E-state index contributed by atoms with van der Waals surface area (Å²) in [5, 5.41) is 16.0. The summed E-state index contributed by atoms with van der Waals surface area (Å²) < 4.78 is 5.51. The number of nitrogens with one attached hydrogen (secondary N) is 2. The van der Waals surface area contributed by atoms with E-state index in [1.807, 2.05) is 67.6 Å². The molecule has 122 valence electrons. The van der Waals surface area contributed by atoms with Gasteiger partial charge in [0.15, 0.2) is 0 Å². The molecule has 24 heavy (non-hydrogen) atoms. The SMILES string of the molecule is CCOc1cccc(Nc2ccc(Nc3ccc(O)cc3)cc2)c1. The quantitative estimate of drug-likeness (QED) is 0.541. The van der Waals surface area contributed by atoms with Crippen molar-refractivity contribution in [1.82, 2.24) is 0 Å². The van der Waals surface area contributed by atoms with Crippen molar-refractivity contribution in [2.45, 2.75) is 6.92 Å². The van der Waals surface area contributed by atoms with Crippen LogP contribution in [-0.4, -0.2) is 11.7 Å². The van der Waals surface area contributed by atoms with Gasteiger partial charge in [-0.3, -0.25) is 0 Å². The summed E-state index contributed by atoms with van der Waals surface area (Å²) >= 11 is 0. The maximum atomic E-state index is 9.31. The fourth-order valence-corrected chi connectivity index (χ4v) is 2.35. The molecule has 3 rings (SSSR count). The van der Waals surface area contributed by atoms with Crippen LogP contribution in [0.2, 0.25) is 0 Å². The van der Waals surface area contributed by atoms with Crippen LogP contribution in [0.1, 0.15) is 6.92 Å². The number of rotatable bonds is 6. The van der Waals surface area contributed by atoms with E-state index >= 15 is 0 Å². The Morgan fingerprint density at radius 1 is 0.750 bits per heavy atom. The lowest BCUT2D eigenvalue weighted by Crippen LogP contribution is -1.94. The maximum absolute atomic E-state index is 9.31. The van der Waals surface area contributed by atoms with Gasteiger partial charge in [-0.2, -0.15) is 0 Å². The molecular formula is C20H20N2O2. The Hall–Kier alpha value is -3.14. The molecule has 0 aliphatic heterocycles. The van der Waals surface area contributed by atoms with E-state index in [4.69, 9.17) is 4.74 Å². The number of benzene rings is 3.